The summed E-state index contributed by atoms with van der Waals surface area (Å²) in [5.41, 5.74) is 29.4. The van der Waals surface area contributed by atoms with Gasteiger partial charge >= 0.3 is 0 Å². The highest BCUT2D eigenvalue weighted by Crippen LogP contribution is 3.74. The first-order valence-electron chi connectivity index (χ1n) is 25.3. The standard InChI is InChI=1S/C51H30/c1-2-26-5-11-18-22-16-9-3-8-15-21-14-7-4-10-17-23-19-12-6(1)13-20-24-25(26)42-30(11,26)37(18)40(22)34(16)28(8,9)32(15)38(21)31(14)27(7,10)33(17)39(23)35(19)29(12,13)36(20)41(24,42)50-45(35,36)48(39)43(31,33)47(38)44(32,34)49(40,46(37,42)50)51(47,48)50/h6-25H,1-5H2. The van der Waals surface area contributed by atoms with Gasteiger partial charge in [0.05, 0.1) is 0 Å². The van der Waals surface area contributed by atoms with Crippen molar-refractivity contribution in [2.45, 2.75) is 32.1 Å². The number of rotatable bonds is 0. The van der Waals surface area contributed by atoms with E-state index >= 15 is 0 Å². The van der Waals surface area contributed by atoms with Gasteiger partial charge in [0.25, 0.3) is 0 Å². The molecule has 37 rings (SSSR count). The van der Waals surface area contributed by atoms with Crippen molar-refractivity contribution in [2.75, 3.05) is 0 Å². The third-order valence-corrected chi connectivity index (χ3v) is 44.7. The van der Waals surface area contributed by atoms with E-state index < -0.39 is 0 Å². The van der Waals surface area contributed by atoms with Crippen LogP contribution in [-0.2, 0) is 0 Å². The third kappa shape index (κ3) is 0.347. The second kappa shape index (κ2) is 2.46. The first-order valence-corrected chi connectivity index (χ1v) is 25.3. The van der Waals surface area contributed by atoms with Gasteiger partial charge in [-0.3, -0.25) is 0 Å². The topological polar surface area (TPSA) is 0 Å². The van der Waals surface area contributed by atoms with E-state index in [4.69, 9.17) is 0 Å². The van der Waals surface area contributed by atoms with Crippen molar-refractivity contribution in [1.29, 1.82) is 0 Å². The molecule has 0 radical (unpaired) electrons. The predicted molar refractivity (Wildman–Crippen MR) is 156 cm³/mol. The van der Waals surface area contributed by atoms with Gasteiger partial charge in [-0.25, -0.2) is 0 Å². The Bertz CT molecular complexity index is 3420. The summed E-state index contributed by atoms with van der Waals surface area (Å²) in [6.07, 6.45) is 9.34. The molecule has 0 aliphatic heterocycles. The smallest absolute Gasteiger partial charge is 0.0000498 e. The molecule has 0 amide bonds. The highest BCUT2D eigenvalue weighted by molar-refractivity contribution is 6.17. The summed E-state index contributed by atoms with van der Waals surface area (Å²) in [5, 5.41) is 0. The normalized spacial score (nSPS) is 143. The van der Waals surface area contributed by atoms with Crippen LogP contribution in [0.1, 0.15) is 32.1 Å². The monoisotopic (exact) mass is 642 g/mol. The van der Waals surface area contributed by atoms with E-state index in [0.717, 1.165) is 141 Å². The molecule has 37 aliphatic carbocycles. The SMILES string of the molecule is C1CC23CC4C5C6C7C8CC9C%10C%11C%12C%13CC%14C%15C%16C%17C%18C1C1C%19C%20C2C2%21C43C53C64C75C98C%106C%117C%128C%13%14C%159C%16%10C%17%11C%181C%191C%202C2%12C%111C%101C89C78C65C4(C3%212)C81%12. The molecule has 0 aromatic heterocycles. The Morgan fingerprint density at radius 1 is 0.294 bits per heavy atom. The lowest BCUT2D eigenvalue weighted by Gasteiger charge is -3.70. The predicted octanol–water partition coefficient (Wildman–Crippen LogP) is 4.41. The van der Waals surface area contributed by atoms with Gasteiger partial charge in [0.1, 0.15) is 0 Å². The van der Waals surface area contributed by atoms with E-state index in [1.165, 1.54) is 118 Å². The van der Waals surface area contributed by atoms with Gasteiger partial charge in [-0.05, 0) is 291 Å². The Balaban J connectivity index is 0.884. The van der Waals surface area contributed by atoms with Gasteiger partial charge in [0.2, 0.25) is 0 Å². The summed E-state index contributed by atoms with van der Waals surface area (Å²) >= 11 is 0. The molecular formula is C51H30. The lowest BCUT2D eigenvalue weighted by atomic mass is 8.32. The summed E-state index contributed by atoms with van der Waals surface area (Å²) in [6, 6.07) is 0. The van der Waals surface area contributed by atoms with E-state index in [0.29, 0.717) is 0 Å². The third-order valence-electron chi connectivity index (χ3n) is 44.7. The maximum absolute atomic E-state index is 1.89. The van der Waals surface area contributed by atoms with Gasteiger partial charge < -0.3 is 0 Å². The van der Waals surface area contributed by atoms with Crippen LogP contribution in [0.4, 0.5) is 0 Å². The minimum absolute atomic E-state index is 1.01. The van der Waals surface area contributed by atoms with Gasteiger partial charge in [0, 0.05) is 0 Å². The quantitative estimate of drug-likeness (QED) is 0.368. The van der Waals surface area contributed by atoms with Crippen LogP contribution in [0.3, 0.4) is 0 Å². The summed E-state index contributed by atoms with van der Waals surface area (Å²) in [7, 11) is 0. The molecule has 0 aromatic rings. The molecular weight excluding hydrogens is 613 g/mol. The Hall–Kier alpha value is 0. The number of hydrogen-bond donors (Lipinski definition) is 0. The molecule has 51 heavy (non-hydrogen) atoms. The minimum Gasteiger partial charge on any atom is -0.0493 e. The summed E-state index contributed by atoms with van der Waals surface area (Å²) in [5.74, 6) is 28.0. The highest BCUT2D eigenvalue weighted by Gasteiger charge is 3.73. The molecule has 46 atom stereocenters. The second-order valence-corrected chi connectivity index (χ2v) is 33.2. The Labute approximate surface area is 290 Å². The molecule has 0 N–H and O–H groups in total. The zero-order valence-electron chi connectivity index (χ0n) is 28.1. The summed E-state index contributed by atoms with van der Waals surface area (Å²) < 4.78 is 0. The molecule has 0 aromatic carbocycles. The lowest BCUT2D eigenvalue weighted by Crippen LogP contribution is -3.69. The van der Waals surface area contributed by atoms with Crippen LogP contribution >= 0.6 is 0 Å². The van der Waals surface area contributed by atoms with Crippen LogP contribution in [0.25, 0.3) is 0 Å². The van der Waals surface area contributed by atoms with Crippen LogP contribution in [0.5, 0.6) is 0 Å². The average molecular weight is 643 g/mol. The maximum Gasteiger partial charge on any atom is -0.0000498 e. The Morgan fingerprint density at radius 2 is 0.725 bits per heavy atom. The molecule has 234 valence electrons. The van der Waals surface area contributed by atoms with E-state index in [1.54, 1.807) is 0 Å². The van der Waals surface area contributed by atoms with Crippen LogP contribution in [0.15, 0.2) is 0 Å². The van der Waals surface area contributed by atoms with Crippen LogP contribution in [0, 0.1) is 259 Å². The molecule has 0 bridgehead atoms. The number of fused-ring (bicyclic) bond motifs is 13. The van der Waals surface area contributed by atoms with Crippen LogP contribution < -0.4 is 0 Å². The lowest BCUT2D eigenvalue weighted by molar-refractivity contribution is -1.26. The van der Waals surface area contributed by atoms with Crippen molar-refractivity contribution in [3.63, 3.8) is 0 Å². The van der Waals surface area contributed by atoms with Crippen molar-refractivity contribution in [3.8, 4) is 0 Å². The molecule has 37 fully saturated rings. The largest absolute Gasteiger partial charge is 0.0493 e. The zero-order chi connectivity index (χ0) is 28.1. The molecule has 37 saturated carbocycles. The van der Waals surface area contributed by atoms with Crippen molar-refractivity contribution in [2.24, 2.45) is 259 Å². The Morgan fingerprint density at radius 3 is 1.33 bits per heavy atom. The highest BCUT2D eigenvalue weighted by atomic mass is 15.7. The zero-order valence-corrected chi connectivity index (χ0v) is 28.1. The van der Waals surface area contributed by atoms with Gasteiger partial charge in [0.15, 0.2) is 0 Å². The van der Waals surface area contributed by atoms with Gasteiger partial charge in [-0.15, -0.1) is 0 Å². The number of hydrogen-bond acceptors (Lipinski definition) is 0. The van der Waals surface area contributed by atoms with Gasteiger partial charge in [-0.1, -0.05) is 0 Å². The van der Waals surface area contributed by atoms with E-state index in [-0.39, 0.29) is 0 Å². The van der Waals surface area contributed by atoms with Crippen molar-refractivity contribution in [1.82, 2.24) is 0 Å². The van der Waals surface area contributed by atoms with Crippen molar-refractivity contribution < 1.29 is 0 Å². The van der Waals surface area contributed by atoms with Crippen LogP contribution in [0.2, 0.25) is 0 Å². The molecule has 37 aliphatic rings. The Kier molecular flexibility index (Phi) is 0.812. The van der Waals surface area contributed by atoms with E-state index in [2.05, 4.69) is 0 Å². The molecule has 46 unspecified atom stereocenters. The van der Waals surface area contributed by atoms with Crippen molar-refractivity contribution >= 4 is 0 Å². The molecule has 0 heteroatoms. The molecule has 0 saturated heterocycles. The summed E-state index contributed by atoms with van der Waals surface area (Å²) in [4.78, 5) is 0. The van der Waals surface area contributed by atoms with Gasteiger partial charge in [-0.2, -0.15) is 0 Å². The fraction of sp³-hybridized carbons (Fsp3) is 1.00. The van der Waals surface area contributed by atoms with Crippen LogP contribution in [-0.4, -0.2) is 0 Å². The molecule has 26 spiro atoms. The fourth-order valence-electron chi connectivity index (χ4n) is 57.5. The summed E-state index contributed by atoms with van der Waals surface area (Å²) in [6.45, 7) is 0. The first-order chi connectivity index (χ1) is 25.3. The molecule has 0 nitrogen and oxygen atoms in total. The second-order valence-electron chi connectivity index (χ2n) is 33.2. The van der Waals surface area contributed by atoms with Crippen molar-refractivity contribution in [3.05, 3.63) is 0 Å². The average Bonchev–Trinajstić information content (AvgIpc) is 2.98. The maximum atomic E-state index is 1.89. The van der Waals surface area contributed by atoms with E-state index in [1.807, 2.05) is 32.1 Å². The van der Waals surface area contributed by atoms with E-state index in [9.17, 15) is 0 Å². The first kappa shape index (κ1) is 16.8. The fourth-order valence-corrected chi connectivity index (χ4v) is 57.5. The minimum atomic E-state index is 1.01. The molecule has 0 heterocycles.